The molecular weight excluding hydrogens is 260 g/mol. The molecule has 0 heterocycles. The monoisotopic (exact) mass is 282 g/mol. The van der Waals surface area contributed by atoms with Crippen molar-refractivity contribution in [2.45, 2.75) is 18.9 Å². The number of ether oxygens (including phenoxy) is 3. The number of nitrogens with two attached hydrogens (primary N) is 2. The lowest BCUT2D eigenvalue weighted by molar-refractivity contribution is -0.142. The van der Waals surface area contributed by atoms with Crippen LogP contribution >= 0.6 is 0 Å². The topological polar surface area (TPSA) is 96.8 Å². The van der Waals surface area contributed by atoms with Gasteiger partial charge in [-0.25, -0.2) is 0 Å². The van der Waals surface area contributed by atoms with E-state index in [1.165, 1.54) is 7.11 Å². The van der Waals surface area contributed by atoms with Crippen molar-refractivity contribution < 1.29 is 19.0 Å². The summed E-state index contributed by atoms with van der Waals surface area (Å²) < 4.78 is 15.2. The van der Waals surface area contributed by atoms with E-state index < -0.39 is 12.0 Å². The molecule has 0 aromatic heterocycles. The first-order valence-electron chi connectivity index (χ1n) is 6.34. The van der Waals surface area contributed by atoms with Crippen molar-refractivity contribution in [3.63, 3.8) is 0 Å². The van der Waals surface area contributed by atoms with Crippen LogP contribution in [-0.4, -0.2) is 39.9 Å². The molecule has 1 atom stereocenters. The fraction of sp³-hybridized carbons (Fsp3) is 0.500. The summed E-state index contributed by atoms with van der Waals surface area (Å²) in [4.78, 5) is 11.4. The average Bonchev–Trinajstić information content (AvgIpc) is 2.47. The summed E-state index contributed by atoms with van der Waals surface area (Å²) in [6, 6.07) is 2.98. The van der Waals surface area contributed by atoms with Gasteiger partial charge in [0.2, 0.25) is 0 Å². The van der Waals surface area contributed by atoms with Gasteiger partial charge in [0, 0.05) is 0 Å². The normalized spacial score (nSPS) is 11.8. The lowest BCUT2D eigenvalue weighted by atomic mass is 9.97. The summed E-state index contributed by atoms with van der Waals surface area (Å²) in [6.45, 7) is 0.496. The van der Waals surface area contributed by atoms with Gasteiger partial charge in [0.15, 0.2) is 11.5 Å². The third kappa shape index (κ3) is 3.85. The number of esters is 1. The third-order valence-corrected chi connectivity index (χ3v) is 3.06. The second-order valence-electron chi connectivity index (χ2n) is 4.35. The fourth-order valence-electron chi connectivity index (χ4n) is 2.01. The molecular formula is C14H22N2O4. The van der Waals surface area contributed by atoms with Gasteiger partial charge in [-0.1, -0.05) is 0 Å². The second kappa shape index (κ2) is 7.72. The Bertz CT molecular complexity index is 463. The van der Waals surface area contributed by atoms with Crippen LogP contribution in [0.3, 0.4) is 0 Å². The predicted molar refractivity (Wildman–Crippen MR) is 76.0 cm³/mol. The Kier molecular flexibility index (Phi) is 6.27. The minimum Gasteiger partial charge on any atom is -0.493 e. The van der Waals surface area contributed by atoms with Crippen LogP contribution in [0.5, 0.6) is 11.5 Å². The largest absolute Gasteiger partial charge is 0.493 e. The minimum atomic E-state index is -0.713. The van der Waals surface area contributed by atoms with Crippen molar-refractivity contribution in [2.75, 3.05) is 27.9 Å². The number of carbonyl (C=O) groups excluding carboxylic acids is 1. The van der Waals surface area contributed by atoms with Crippen molar-refractivity contribution in [2.24, 2.45) is 11.5 Å². The van der Waals surface area contributed by atoms with Gasteiger partial charge in [0.1, 0.15) is 6.04 Å². The van der Waals surface area contributed by atoms with E-state index in [9.17, 15) is 4.79 Å². The zero-order valence-corrected chi connectivity index (χ0v) is 12.1. The van der Waals surface area contributed by atoms with E-state index >= 15 is 0 Å². The van der Waals surface area contributed by atoms with Gasteiger partial charge >= 0.3 is 5.97 Å². The fourth-order valence-corrected chi connectivity index (χ4v) is 2.01. The van der Waals surface area contributed by atoms with Crippen LogP contribution in [0, 0.1) is 0 Å². The number of benzene rings is 1. The van der Waals surface area contributed by atoms with Crippen LogP contribution in [0.4, 0.5) is 0 Å². The molecule has 0 aliphatic carbocycles. The average molecular weight is 282 g/mol. The highest BCUT2D eigenvalue weighted by Crippen LogP contribution is 2.31. The van der Waals surface area contributed by atoms with Crippen molar-refractivity contribution in [3.05, 3.63) is 23.3 Å². The smallest absolute Gasteiger partial charge is 0.322 e. The molecule has 0 saturated carbocycles. The lowest BCUT2D eigenvalue weighted by Gasteiger charge is -2.16. The van der Waals surface area contributed by atoms with E-state index in [-0.39, 0.29) is 0 Å². The molecule has 0 unspecified atom stereocenters. The Morgan fingerprint density at radius 3 is 2.15 bits per heavy atom. The second-order valence-corrected chi connectivity index (χ2v) is 4.35. The molecule has 6 nitrogen and oxygen atoms in total. The Hall–Kier alpha value is -1.79. The number of methoxy groups -OCH3 is 3. The summed E-state index contributed by atoms with van der Waals surface area (Å²) in [5, 5.41) is 0. The van der Waals surface area contributed by atoms with Gasteiger partial charge in [-0.2, -0.15) is 0 Å². The number of hydrogen-bond acceptors (Lipinski definition) is 6. The van der Waals surface area contributed by atoms with E-state index in [1.807, 2.05) is 12.1 Å². The molecule has 0 radical (unpaired) electrons. The van der Waals surface area contributed by atoms with Crippen molar-refractivity contribution in [1.29, 1.82) is 0 Å². The summed E-state index contributed by atoms with van der Waals surface area (Å²) in [7, 11) is 4.45. The molecule has 0 fully saturated rings. The SMILES string of the molecule is COC(=O)[C@H](N)Cc1cc(OC)c(OC)cc1CCN. The summed E-state index contributed by atoms with van der Waals surface area (Å²) in [5.41, 5.74) is 13.3. The van der Waals surface area contributed by atoms with Crippen LogP contribution in [0.15, 0.2) is 12.1 Å². The zero-order chi connectivity index (χ0) is 15.1. The maximum absolute atomic E-state index is 11.4. The van der Waals surface area contributed by atoms with Gasteiger partial charge in [0.05, 0.1) is 21.3 Å². The number of carbonyl (C=O) groups is 1. The summed E-state index contributed by atoms with van der Waals surface area (Å²) >= 11 is 0. The molecule has 112 valence electrons. The van der Waals surface area contributed by atoms with Crippen molar-refractivity contribution in [3.8, 4) is 11.5 Å². The zero-order valence-electron chi connectivity index (χ0n) is 12.1. The summed E-state index contributed by atoms with van der Waals surface area (Å²) in [6.07, 6.45) is 1.03. The quantitative estimate of drug-likeness (QED) is 0.696. The Labute approximate surface area is 119 Å². The molecule has 6 heteroatoms. The van der Waals surface area contributed by atoms with Gasteiger partial charge in [-0.15, -0.1) is 0 Å². The van der Waals surface area contributed by atoms with Gasteiger partial charge < -0.3 is 25.7 Å². The van der Waals surface area contributed by atoms with Crippen LogP contribution in [-0.2, 0) is 22.4 Å². The molecule has 0 aliphatic rings. The molecule has 0 amide bonds. The maximum Gasteiger partial charge on any atom is 0.322 e. The number of rotatable bonds is 7. The third-order valence-electron chi connectivity index (χ3n) is 3.06. The molecule has 0 spiro atoms. The first-order valence-corrected chi connectivity index (χ1v) is 6.34. The molecule has 1 rings (SSSR count). The molecule has 1 aromatic carbocycles. The van der Waals surface area contributed by atoms with E-state index in [0.717, 1.165) is 11.1 Å². The first-order chi connectivity index (χ1) is 9.57. The van der Waals surface area contributed by atoms with Gasteiger partial charge in [0.25, 0.3) is 0 Å². The van der Waals surface area contributed by atoms with Gasteiger partial charge in [-0.3, -0.25) is 4.79 Å². The molecule has 4 N–H and O–H groups in total. The van der Waals surface area contributed by atoms with Crippen LogP contribution < -0.4 is 20.9 Å². The highest BCUT2D eigenvalue weighted by Gasteiger charge is 2.18. The number of hydrogen-bond donors (Lipinski definition) is 2. The molecule has 1 aromatic rings. The Morgan fingerprint density at radius 2 is 1.70 bits per heavy atom. The standard InChI is InChI=1S/C14H22N2O4/c1-18-12-7-9(4-5-15)10(8-13(12)19-2)6-11(16)14(17)20-3/h7-8,11H,4-6,15-16H2,1-3H3/t11-/m1/s1. The minimum absolute atomic E-state index is 0.363. The molecule has 0 saturated heterocycles. The molecule has 0 aliphatic heterocycles. The van der Waals surface area contributed by atoms with Crippen molar-refractivity contribution in [1.82, 2.24) is 0 Å². The van der Waals surface area contributed by atoms with Crippen molar-refractivity contribution >= 4 is 5.97 Å². The molecule has 0 bridgehead atoms. The van der Waals surface area contributed by atoms with E-state index in [2.05, 4.69) is 4.74 Å². The van der Waals surface area contributed by atoms with Crippen LogP contribution in [0.25, 0.3) is 0 Å². The van der Waals surface area contributed by atoms with Gasteiger partial charge in [-0.05, 0) is 42.6 Å². The van der Waals surface area contributed by atoms with E-state index in [0.29, 0.717) is 30.9 Å². The lowest BCUT2D eigenvalue weighted by Crippen LogP contribution is -2.34. The molecule has 20 heavy (non-hydrogen) atoms. The maximum atomic E-state index is 11.4. The Morgan fingerprint density at radius 1 is 1.15 bits per heavy atom. The van der Waals surface area contributed by atoms with Crippen LogP contribution in [0.1, 0.15) is 11.1 Å². The van der Waals surface area contributed by atoms with Crippen LogP contribution in [0.2, 0.25) is 0 Å². The first kappa shape index (κ1) is 16.3. The highest BCUT2D eigenvalue weighted by molar-refractivity contribution is 5.75. The summed E-state index contributed by atoms with van der Waals surface area (Å²) in [5.74, 6) is 0.783. The predicted octanol–water partition coefficient (Wildman–Crippen LogP) is 0.248. The Balaban J connectivity index is 3.11. The van der Waals surface area contributed by atoms with E-state index in [1.54, 1.807) is 14.2 Å². The van der Waals surface area contributed by atoms with E-state index in [4.69, 9.17) is 20.9 Å². The highest BCUT2D eigenvalue weighted by atomic mass is 16.5.